The first-order valence-electron chi connectivity index (χ1n) is 11.1. The molecule has 1 aromatic carbocycles. The zero-order valence-electron chi connectivity index (χ0n) is 18.1. The van der Waals surface area contributed by atoms with Crippen molar-refractivity contribution in [1.82, 2.24) is 10.2 Å². The fraction of sp³-hybridized carbons (Fsp3) is 0.609. The number of fused-ring (bicyclic) bond motifs is 3. The first kappa shape index (κ1) is 23.5. The maximum Gasteiger partial charge on any atom is 0.416 e. The van der Waals surface area contributed by atoms with Crippen molar-refractivity contribution in [3.8, 4) is 6.07 Å². The van der Waals surface area contributed by atoms with E-state index in [-0.39, 0.29) is 36.9 Å². The van der Waals surface area contributed by atoms with Gasteiger partial charge in [0.2, 0.25) is 11.8 Å². The van der Waals surface area contributed by atoms with Gasteiger partial charge in [0, 0.05) is 23.1 Å². The first-order chi connectivity index (χ1) is 15.6. The number of nitriles is 1. The van der Waals surface area contributed by atoms with Crippen LogP contribution < -0.4 is 10.6 Å². The van der Waals surface area contributed by atoms with E-state index in [0.29, 0.717) is 44.2 Å². The minimum Gasteiger partial charge on any atom is -0.326 e. The Balaban J connectivity index is 1.31. The van der Waals surface area contributed by atoms with Gasteiger partial charge in [-0.1, -0.05) is 0 Å². The Morgan fingerprint density at radius 1 is 1.09 bits per heavy atom. The van der Waals surface area contributed by atoms with Gasteiger partial charge < -0.3 is 15.5 Å². The number of carbonyl (C=O) groups is 2. The molecule has 2 N–H and O–H groups in total. The Hall–Kier alpha value is -2.67. The molecular weight excluding hydrogens is 440 g/mol. The highest BCUT2D eigenvalue weighted by molar-refractivity contribution is 5.95. The summed E-state index contributed by atoms with van der Waals surface area (Å²) in [6.07, 6.45) is -1.66. The zero-order valence-corrected chi connectivity index (χ0v) is 18.1. The van der Waals surface area contributed by atoms with E-state index in [9.17, 15) is 27.2 Å². The van der Waals surface area contributed by atoms with Gasteiger partial charge in [-0.25, -0.2) is 4.39 Å². The van der Waals surface area contributed by atoms with Crippen molar-refractivity contribution in [3.05, 3.63) is 29.8 Å². The van der Waals surface area contributed by atoms with Gasteiger partial charge in [0.15, 0.2) is 0 Å². The molecule has 3 aliphatic carbocycles. The van der Waals surface area contributed by atoms with Crippen LogP contribution in [-0.4, -0.2) is 47.6 Å². The number of nitrogens with zero attached hydrogens (tertiary/aromatic N) is 2. The smallest absolute Gasteiger partial charge is 0.326 e. The molecule has 3 saturated carbocycles. The quantitative estimate of drug-likeness (QED) is 0.647. The number of hydrogen-bond donors (Lipinski definition) is 2. The van der Waals surface area contributed by atoms with E-state index in [0.717, 1.165) is 12.1 Å². The molecule has 1 aromatic rings. The fourth-order valence-electron chi connectivity index (χ4n) is 5.35. The maximum absolute atomic E-state index is 13.6. The first-order valence-corrected chi connectivity index (χ1v) is 11.1. The normalized spacial score (nSPS) is 31.3. The summed E-state index contributed by atoms with van der Waals surface area (Å²) < 4.78 is 51.8. The van der Waals surface area contributed by atoms with Crippen LogP contribution in [0.15, 0.2) is 24.3 Å². The molecule has 1 heterocycles. The second-order valence-electron chi connectivity index (χ2n) is 9.47. The number of amides is 2. The molecule has 4 aliphatic rings. The lowest BCUT2D eigenvalue weighted by Crippen LogP contribution is -2.59. The molecule has 1 aliphatic heterocycles. The molecule has 1 saturated heterocycles. The van der Waals surface area contributed by atoms with E-state index in [4.69, 9.17) is 5.26 Å². The molecule has 6 nitrogen and oxygen atoms in total. The third kappa shape index (κ3) is 4.69. The van der Waals surface area contributed by atoms with Crippen molar-refractivity contribution in [3.63, 3.8) is 0 Å². The fourth-order valence-corrected chi connectivity index (χ4v) is 5.35. The second-order valence-corrected chi connectivity index (χ2v) is 9.47. The summed E-state index contributed by atoms with van der Waals surface area (Å²) in [6, 6.07) is 5.66. The van der Waals surface area contributed by atoms with Gasteiger partial charge in [0.05, 0.1) is 24.7 Å². The second kappa shape index (κ2) is 8.60. The van der Waals surface area contributed by atoms with Crippen LogP contribution in [0.5, 0.6) is 0 Å². The molecule has 0 unspecified atom stereocenters. The summed E-state index contributed by atoms with van der Waals surface area (Å²) in [5.74, 6) is -0.479. The standard InChI is InChI=1S/C23H26F4N4O2/c24-16-11-18(12-28)31(14-16)19(32)13-29-22-8-5-21(6-9-22,7-10-22)20(33)30-17-3-1-15(2-4-17)23(25,26)27/h1-4,16,18,29H,5-11,13-14H2,(H,30,33)/t16-,18-,21?,22?/m0/s1. The summed E-state index contributed by atoms with van der Waals surface area (Å²) in [5.41, 5.74) is -1.28. The van der Waals surface area contributed by atoms with E-state index in [1.807, 2.05) is 6.07 Å². The summed E-state index contributed by atoms with van der Waals surface area (Å²) in [4.78, 5) is 26.8. The summed E-state index contributed by atoms with van der Waals surface area (Å²) in [5, 5.41) is 15.2. The minimum atomic E-state index is -4.43. The maximum atomic E-state index is 13.6. The predicted molar refractivity (Wildman–Crippen MR) is 112 cm³/mol. The average molecular weight is 466 g/mol. The largest absolute Gasteiger partial charge is 0.416 e. The van der Waals surface area contributed by atoms with Gasteiger partial charge in [-0.2, -0.15) is 18.4 Å². The van der Waals surface area contributed by atoms with Crippen LogP contribution in [-0.2, 0) is 15.8 Å². The molecule has 0 aromatic heterocycles. The van der Waals surface area contributed by atoms with Crippen LogP contribution in [0, 0.1) is 16.7 Å². The molecule has 2 bridgehead atoms. The van der Waals surface area contributed by atoms with Gasteiger partial charge >= 0.3 is 6.18 Å². The Morgan fingerprint density at radius 2 is 1.70 bits per heavy atom. The summed E-state index contributed by atoms with van der Waals surface area (Å²) in [7, 11) is 0. The van der Waals surface area contributed by atoms with Gasteiger partial charge in [-0.3, -0.25) is 9.59 Å². The van der Waals surface area contributed by atoms with E-state index >= 15 is 0 Å². The van der Waals surface area contributed by atoms with Crippen LogP contribution in [0.1, 0.15) is 50.5 Å². The minimum absolute atomic E-state index is 0.0235. The molecule has 2 amide bonds. The van der Waals surface area contributed by atoms with Gasteiger partial charge in [-0.15, -0.1) is 0 Å². The molecule has 4 fully saturated rings. The summed E-state index contributed by atoms with van der Waals surface area (Å²) >= 11 is 0. The van der Waals surface area contributed by atoms with Crippen molar-refractivity contribution in [1.29, 1.82) is 5.26 Å². The van der Waals surface area contributed by atoms with Crippen molar-refractivity contribution < 1.29 is 27.2 Å². The number of halogens is 4. The number of anilines is 1. The Bertz CT molecular complexity index is 932. The van der Waals surface area contributed by atoms with Gasteiger partial charge in [0.1, 0.15) is 12.2 Å². The van der Waals surface area contributed by atoms with Crippen molar-refractivity contribution in [2.75, 3.05) is 18.4 Å². The Morgan fingerprint density at radius 3 is 2.24 bits per heavy atom. The Labute approximate surface area is 189 Å². The molecule has 178 valence electrons. The van der Waals surface area contributed by atoms with Gasteiger partial charge in [-0.05, 0) is 62.8 Å². The van der Waals surface area contributed by atoms with Crippen LogP contribution >= 0.6 is 0 Å². The number of rotatable bonds is 5. The van der Waals surface area contributed by atoms with Crippen molar-refractivity contribution >= 4 is 17.5 Å². The number of benzene rings is 1. The monoisotopic (exact) mass is 466 g/mol. The molecule has 33 heavy (non-hydrogen) atoms. The molecule has 2 atom stereocenters. The van der Waals surface area contributed by atoms with E-state index in [2.05, 4.69) is 10.6 Å². The van der Waals surface area contributed by atoms with Crippen molar-refractivity contribution in [2.24, 2.45) is 5.41 Å². The molecule has 5 rings (SSSR count). The van der Waals surface area contributed by atoms with Crippen LogP contribution in [0.4, 0.5) is 23.2 Å². The zero-order chi connectivity index (χ0) is 23.9. The van der Waals surface area contributed by atoms with E-state index in [1.165, 1.54) is 17.0 Å². The van der Waals surface area contributed by atoms with Gasteiger partial charge in [0.25, 0.3) is 0 Å². The number of hydrogen-bond acceptors (Lipinski definition) is 4. The highest BCUT2D eigenvalue weighted by Gasteiger charge is 2.52. The number of alkyl halides is 4. The highest BCUT2D eigenvalue weighted by atomic mass is 19.4. The average Bonchev–Trinajstić information content (AvgIpc) is 3.19. The highest BCUT2D eigenvalue weighted by Crippen LogP contribution is 2.52. The lowest BCUT2D eigenvalue weighted by molar-refractivity contribution is -0.137. The lowest BCUT2D eigenvalue weighted by atomic mass is 9.57. The van der Waals surface area contributed by atoms with Crippen LogP contribution in [0.25, 0.3) is 0 Å². The van der Waals surface area contributed by atoms with Crippen molar-refractivity contribution in [2.45, 2.75) is 68.9 Å². The van der Waals surface area contributed by atoms with E-state index in [1.54, 1.807) is 0 Å². The SMILES string of the molecule is N#C[C@@H]1C[C@H](F)CN1C(=O)CNC12CCC(C(=O)Nc3ccc(C(F)(F)F)cc3)(CC1)CC2. The summed E-state index contributed by atoms with van der Waals surface area (Å²) in [6.45, 7) is -0.0331. The predicted octanol–water partition coefficient (Wildman–Crippen LogP) is 3.79. The third-order valence-corrected chi connectivity index (χ3v) is 7.53. The molecule has 0 spiro atoms. The van der Waals surface area contributed by atoms with E-state index < -0.39 is 29.4 Å². The van der Waals surface area contributed by atoms with Crippen LogP contribution in [0.2, 0.25) is 0 Å². The molecule has 10 heteroatoms. The number of carbonyl (C=O) groups excluding carboxylic acids is 2. The third-order valence-electron chi connectivity index (χ3n) is 7.53. The number of nitrogens with one attached hydrogen (secondary N) is 2. The lowest BCUT2D eigenvalue weighted by Gasteiger charge is -2.52. The number of likely N-dealkylation sites (tertiary alicyclic amines) is 1. The molecule has 0 radical (unpaired) electrons. The molecular formula is C23H26F4N4O2. The topological polar surface area (TPSA) is 85.2 Å². The van der Waals surface area contributed by atoms with Crippen LogP contribution in [0.3, 0.4) is 0 Å². The Kier molecular flexibility index (Phi) is 6.12.